The molecule has 180 valence electrons. The second kappa shape index (κ2) is 9.91. The average Bonchev–Trinajstić information content (AvgIpc) is 3.25. The zero-order valence-corrected chi connectivity index (χ0v) is 19.0. The highest BCUT2D eigenvalue weighted by molar-refractivity contribution is 5.92. The van der Waals surface area contributed by atoms with Crippen LogP contribution in [-0.4, -0.2) is 54.4 Å². The fourth-order valence-electron chi connectivity index (χ4n) is 4.65. The van der Waals surface area contributed by atoms with Gasteiger partial charge >= 0.3 is 0 Å². The molecule has 4 rings (SSSR count). The van der Waals surface area contributed by atoms with Gasteiger partial charge in [0.2, 0.25) is 5.91 Å². The number of nitrogens with zero attached hydrogens (tertiary/aromatic N) is 2. The van der Waals surface area contributed by atoms with E-state index in [1.807, 2.05) is 31.2 Å². The van der Waals surface area contributed by atoms with E-state index in [-0.39, 0.29) is 29.4 Å². The van der Waals surface area contributed by atoms with Gasteiger partial charge in [-0.1, -0.05) is 18.2 Å². The first-order valence-corrected chi connectivity index (χ1v) is 11.3. The van der Waals surface area contributed by atoms with E-state index < -0.39 is 17.5 Å². The summed E-state index contributed by atoms with van der Waals surface area (Å²) in [7, 11) is 0. The number of aryl methyl sites for hydroxylation is 1. The normalized spacial score (nSPS) is 17.5. The van der Waals surface area contributed by atoms with Crippen molar-refractivity contribution in [2.75, 3.05) is 32.8 Å². The Labute approximate surface area is 196 Å². The van der Waals surface area contributed by atoms with Gasteiger partial charge < -0.3 is 14.5 Å². The van der Waals surface area contributed by atoms with Gasteiger partial charge in [0.15, 0.2) is 24.1 Å². The van der Waals surface area contributed by atoms with Crippen molar-refractivity contribution in [1.29, 1.82) is 0 Å². The Morgan fingerprint density at radius 3 is 2.35 bits per heavy atom. The van der Waals surface area contributed by atoms with E-state index in [9.17, 15) is 22.8 Å². The van der Waals surface area contributed by atoms with Crippen LogP contribution in [0.1, 0.15) is 30.4 Å². The minimum Gasteiger partial charge on any atom is -0.484 e. The van der Waals surface area contributed by atoms with E-state index in [1.54, 1.807) is 9.80 Å². The molecule has 0 atom stereocenters. The number of carbonyl (C=O) groups is 2. The van der Waals surface area contributed by atoms with E-state index in [2.05, 4.69) is 0 Å². The highest BCUT2D eigenvalue weighted by Crippen LogP contribution is 2.40. The Bertz CT molecular complexity index is 1110. The molecule has 2 heterocycles. The first-order valence-electron chi connectivity index (χ1n) is 11.3. The number of likely N-dealkylation sites (tertiary alicyclic amines) is 2. The number of rotatable bonds is 5. The van der Waals surface area contributed by atoms with Gasteiger partial charge in [0.1, 0.15) is 5.75 Å². The number of benzene rings is 2. The first-order chi connectivity index (χ1) is 16.3. The standard InChI is InChI=1S/C26H27F3N2O3/c1-18-4-2-3-5-21(18)34-16-23(33)30-13-10-26(11-14-30)12-15-31(17-26)22(32)9-7-19-6-8-20(27)25(29)24(19)28/h2-9H,10-17H2,1H3. The highest BCUT2D eigenvalue weighted by atomic mass is 19.2. The van der Waals surface area contributed by atoms with Crippen LogP contribution in [0.25, 0.3) is 6.08 Å². The SMILES string of the molecule is Cc1ccccc1OCC(=O)N1CCC2(CCN(C(=O)C=Cc3ccc(F)c(F)c3F)C2)CC1. The first kappa shape index (κ1) is 23.9. The fraction of sp³-hybridized carbons (Fsp3) is 0.385. The third-order valence-electron chi connectivity index (χ3n) is 6.84. The summed E-state index contributed by atoms with van der Waals surface area (Å²) in [5.41, 5.74) is 0.746. The van der Waals surface area contributed by atoms with Crippen molar-refractivity contribution >= 4 is 17.9 Å². The number of hydrogen-bond donors (Lipinski definition) is 0. The summed E-state index contributed by atoms with van der Waals surface area (Å²) in [4.78, 5) is 28.7. The van der Waals surface area contributed by atoms with Crippen LogP contribution in [0, 0.1) is 29.8 Å². The van der Waals surface area contributed by atoms with Crippen LogP contribution in [0.5, 0.6) is 5.75 Å². The van der Waals surface area contributed by atoms with Gasteiger partial charge in [-0.25, -0.2) is 13.2 Å². The van der Waals surface area contributed by atoms with Crippen molar-refractivity contribution in [2.45, 2.75) is 26.2 Å². The lowest BCUT2D eigenvalue weighted by Crippen LogP contribution is -2.46. The zero-order valence-electron chi connectivity index (χ0n) is 19.0. The smallest absolute Gasteiger partial charge is 0.260 e. The molecule has 5 nitrogen and oxygen atoms in total. The van der Waals surface area contributed by atoms with Crippen LogP contribution in [0.2, 0.25) is 0 Å². The molecule has 0 radical (unpaired) electrons. The van der Waals surface area contributed by atoms with E-state index in [0.29, 0.717) is 31.9 Å². The minimum absolute atomic E-state index is 0.00615. The van der Waals surface area contributed by atoms with Crippen LogP contribution < -0.4 is 4.74 Å². The van der Waals surface area contributed by atoms with Crippen LogP contribution in [0.3, 0.4) is 0 Å². The topological polar surface area (TPSA) is 49.9 Å². The molecule has 34 heavy (non-hydrogen) atoms. The van der Waals surface area contributed by atoms with Crippen molar-refractivity contribution in [3.8, 4) is 5.75 Å². The lowest BCUT2D eigenvalue weighted by molar-refractivity contribution is -0.136. The van der Waals surface area contributed by atoms with Crippen molar-refractivity contribution in [3.05, 3.63) is 71.1 Å². The molecule has 2 aliphatic heterocycles. The minimum atomic E-state index is -1.56. The molecule has 8 heteroatoms. The second-order valence-electron chi connectivity index (χ2n) is 9.04. The third-order valence-corrected chi connectivity index (χ3v) is 6.84. The summed E-state index contributed by atoms with van der Waals surface area (Å²) in [6.07, 6.45) is 4.76. The second-order valence-corrected chi connectivity index (χ2v) is 9.04. The monoisotopic (exact) mass is 472 g/mol. The van der Waals surface area contributed by atoms with Gasteiger partial charge in [0.25, 0.3) is 5.91 Å². The maximum atomic E-state index is 13.8. The number of halogens is 3. The summed E-state index contributed by atoms with van der Waals surface area (Å²) in [6, 6.07) is 9.48. The molecule has 0 bridgehead atoms. The van der Waals surface area contributed by atoms with Crippen LogP contribution in [0.4, 0.5) is 13.2 Å². The molecule has 0 saturated carbocycles. The molecule has 2 saturated heterocycles. The molecule has 2 amide bonds. The molecule has 1 spiro atoms. The molecule has 0 unspecified atom stereocenters. The average molecular weight is 473 g/mol. The largest absolute Gasteiger partial charge is 0.484 e. The van der Waals surface area contributed by atoms with Gasteiger partial charge in [-0.3, -0.25) is 9.59 Å². The molecule has 2 aromatic rings. The van der Waals surface area contributed by atoms with Gasteiger partial charge in [-0.05, 0) is 61.4 Å². The predicted molar refractivity (Wildman–Crippen MR) is 121 cm³/mol. The van der Waals surface area contributed by atoms with Gasteiger partial charge in [0.05, 0.1) is 0 Å². The van der Waals surface area contributed by atoms with Gasteiger partial charge in [0, 0.05) is 37.8 Å². The highest BCUT2D eigenvalue weighted by Gasteiger charge is 2.42. The van der Waals surface area contributed by atoms with E-state index in [4.69, 9.17) is 4.74 Å². The van der Waals surface area contributed by atoms with Crippen molar-refractivity contribution in [3.63, 3.8) is 0 Å². The van der Waals surface area contributed by atoms with Crippen LogP contribution in [-0.2, 0) is 9.59 Å². The molecule has 0 N–H and O–H groups in total. The maximum Gasteiger partial charge on any atom is 0.260 e. The summed E-state index contributed by atoms with van der Waals surface area (Å²) in [6.45, 7) is 4.25. The van der Waals surface area contributed by atoms with Crippen molar-refractivity contribution in [1.82, 2.24) is 9.80 Å². The van der Waals surface area contributed by atoms with E-state index in [1.165, 1.54) is 12.2 Å². The summed E-state index contributed by atoms with van der Waals surface area (Å²) >= 11 is 0. The predicted octanol–water partition coefficient (Wildman–Crippen LogP) is 4.35. The molecule has 2 fully saturated rings. The quantitative estimate of drug-likeness (QED) is 0.481. The molecular formula is C26H27F3N2O3. The molecule has 0 aromatic heterocycles. The van der Waals surface area contributed by atoms with Crippen LogP contribution in [0.15, 0.2) is 42.5 Å². The van der Waals surface area contributed by atoms with E-state index >= 15 is 0 Å². The summed E-state index contributed by atoms with van der Waals surface area (Å²) in [5.74, 6) is -3.79. The lowest BCUT2D eigenvalue weighted by Gasteiger charge is -2.39. The maximum absolute atomic E-state index is 13.8. The Morgan fingerprint density at radius 1 is 0.971 bits per heavy atom. The number of hydrogen-bond acceptors (Lipinski definition) is 3. The number of para-hydroxylation sites is 1. The third kappa shape index (κ3) is 5.11. The molecule has 2 aromatic carbocycles. The van der Waals surface area contributed by atoms with E-state index in [0.717, 1.165) is 37.0 Å². The van der Waals surface area contributed by atoms with Crippen molar-refractivity contribution in [2.24, 2.45) is 5.41 Å². The number of piperidine rings is 1. The Balaban J connectivity index is 1.28. The number of amides is 2. The van der Waals surface area contributed by atoms with Gasteiger partial charge in [-0.2, -0.15) is 0 Å². The fourth-order valence-corrected chi connectivity index (χ4v) is 4.65. The van der Waals surface area contributed by atoms with Crippen LogP contribution >= 0.6 is 0 Å². The summed E-state index contributed by atoms with van der Waals surface area (Å²) < 4.78 is 46.0. The lowest BCUT2D eigenvalue weighted by atomic mass is 9.78. The molecular weight excluding hydrogens is 445 g/mol. The molecule has 0 aliphatic carbocycles. The van der Waals surface area contributed by atoms with Gasteiger partial charge in [-0.15, -0.1) is 0 Å². The Morgan fingerprint density at radius 2 is 1.65 bits per heavy atom. The number of carbonyl (C=O) groups excluding carboxylic acids is 2. The zero-order chi connectivity index (χ0) is 24.3. The Kier molecular flexibility index (Phi) is 6.95. The van der Waals surface area contributed by atoms with Crippen molar-refractivity contribution < 1.29 is 27.5 Å². The summed E-state index contributed by atoms with van der Waals surface area (Å²) in [5, 5.41) is 0. The molecule has 2 aliphatic rings. The Hall–Kier alpha value is -3.29. The number of ether oxygens (including phenoxy) is 1.